The van der Waals surface area contributed by atoms with Gasteiger partial charge < -0.3 is 14.2 Å². The molecule has 0 spiro atoms. The molecule has 0 radical (unpaired) electrons. The molecule has 0 saturated heterocycles. The number of rotatable bonds is 8. The Hall–Kier alpha value is -1.92. The SMILES string of the molecule is CC(=O)OCC(C)(C)CC(=O)OC(=O)CC(C)(C)COC(C)=O. The van der Waals surface area contributed by atoms with Gasteiger partial charge in [0.2, 0.25) is 0 Å². The highest BCUT2D eigenvalue weighted by molar-refractivity contribution is 5.86. The summed E-state index contributed by atoms with van der Waals surface area (Å²) in [5, 5.41) is 0. The van der Waals surface area contributed by atoms with Crippen LogP contribution in [-0.2, 0) is 33.4 Å². The summed E-state index contributed by atoms with van der Waals surface area (Å²) in [6, 6.07) is 0. The van der Waals surface area contributed by atoms with Crippen LogP contribution < -0.4 is 0 Å². The van der Waals surface area contributed by atoms with E-state index in [4.69, 9.17) is 14.2 Å². The van der Waals surface area contributed by atoms with Crippen molar-refractivity contribution in [1.82, 2.24) is 0 Å². The van der Waals surface area contributed by atoms with Crippen LogP contribution in [0, 0.1) is 10.8 Å². The average Bonchev–Trinajstić information content (AvgIpc) is 2.32. The van der Waals surface area contributed by atoms with Crippen LogP contribution in [0.1, 0.15) is 54.4 Å². The third-order valence-electron chi connectivity index (χ3n) is 2.81. The Morgan fingerprint density at radius 1 is 0.696 bits per heavy atom. The van der Waals surface area contributed by atoms with Crippen LogP contribution in [0.4, 0.5) is 0 Å². The monoisotopic (exact) mass is 330 g/mol. The van der Waals surface area contributed by atoms with E-state index in [1.807, 2.05) is 0 Å². The molecule has 0 saturated carbocycles. The Morgan fingerprint density at radius 3 is 1.26 bits per heavy atom. The van der Waals surface area contributed by atoms with Crippen molar-refractivity contribution in [1.29, 1.82) is 0 Å². The summed E-state index contributed by atoms with van der Waals surface area (Å²) in [7, 11) is 0. The highest BCUT2D eigenvalue weighted by Gasteiger charge is 2.29. The molecule has 0 amide bonds. The highest BCUT2D eigenvalue weighted by Crippen LogP contribution is 2.24. The van der Waals surface area contributed by atoms with E-state index in [0.717, 1.165) is 0 Å². The van der Waals surface area contributed by atoms with Crippen molar-refractivity contribution in [3.63, 3.8) is 0 Å². The van der Waals surface area contributed by atoms with Crippen molar-refractivity contribution in [3.05, 3.63) is 0 Å². The van der Waals surface area contributed by atoms with Crippen LogP contribution in [0.2, 0.25) is 0 Å². The first-order valence-corrected chi connectivity index (χ1v) is 7.33. The van der Waals surface area contributed by atoms with Gasteiger partial charge in [0.05, 0.1) is 26.1 Å². The van der Waals surface area contributed by atoms with Gasteiger partial charge in [0, 0.05) is 24.7 Å². The van der Waals surface area contributed by atoms with Crippen LogP contribution in [0.25, 0.3) is 0 Å². The normalized spacial score (nSPS) is 11.6. The maximum Gasteiger partial charge on any atom is 0.314 e. The van der Waals surface area contributed by atoms with E-state index >= 15 is 0 Å². The smallest absolute Gasteiger partial charge is 0.314 e. The molecule has 0 unspecified atom stereocenters. The minimum atomic E-state index is -0.685. The number of ether oxygens (including phenoxy) is 3. The van der Waals surface area contributed by atoms with E-state index in [-0.39, 0.29) is 26.1 Å². The lowest BCUT2D eigenvalue weighted by atomic mass is 9.90. The maximum absolute atomic E-state index is 11.8. The number of esters is 4. The molecule has 7 heteroatoms. The fourth-order valence-electron chi connectivity index (χ4n) is 1.68. The maximum atomic E-state index is 11.8. The van der Waals surface area contributed by atoms with E-state index in [1.165, 1.54) is 13.8 Å². The number of carbonyl (C=O) groups excluding carboxylic acids is 4. The Balaban J connectivity index is 4.36. The zero-order valence-corrected chi connectivity index (χ0v) is 14.7. The summed E-state index contributed by atoms with van der Waals surface area (Å²) >= 11 is 0. The molecule has 0 aliphatic rings. The van der Waals surface area contributed by atoms with E-state index in [9.17, 15) is 19.2 Å². The molecular weight excluding hydrogens is 304 g/mol. The third-order valence-corrected chi connectivity index (χ3v) is 2.81. The van der Waals surface area contributed by atoms with E-state index in [0.29, 0.717) is 0 Å². The first-order chi connectivity index (χ1) is 10.3. The Kier molecular flexibility index (Phi) is 7.92. The topological polar surface area (TPSA) is 96.0 Å². The zero-order chi connectivity index (χ0) is 18.3. The summed E-state index contributed by atoms with van der Waals surface area (Å²) in [5.41, 5.74) is -1.26. The fraction of sp³-hybridized carbons (Fsp3) is 0.750. The number of hydrogen-bond donors (Lipinski definition) is 0. The first-order valence-electron chi connectivity index (χ1n) is 7.33. The van der Waals surface area contributed by atoms with Gasteiger partial charge in [-0.05, 0) is 0 Å². The molecule has 0 atom stereocenters. The molecule has 0 heterocycles. The van der Waals surface area contributed by atoms with E-state index in [2.05, 4.69) is 0 Å². The quantitative estimate of drug-likeness (QED) is 0.381. The second kappa shape index (κ2) is 8.64. The molecule has 0 aromatic heterocycles. The molecule has 7 nitrogen and oxygen atoms in total. The van der Waals surface area contributed by atoms with Crippen LogP contribution in [0.3, 0.4) is 0 Å². The molecule has 0 aliphatic heterocycles. The molecule has 0 aromatic rings. The molecule has 0 bridgehead atoms. The van der Waals surface area contributed by atoms with Gasteiger partial charge in [-0.15, -0.1) is 0 Å². The van der Waals surface area contributed by atoms with E-state index in [1.54, 1.807) is 27.7 Å². The van der Waals surface area contributed by atoms with Crippen LogP contribution in [-0.4, -0.2) is 37.1 Å². The molecule has 0 aromatic carbocycles. The molecule has 0 N–H and O–H groups in total. The Morgan fingerprint density at radius 2 is 1.00 bits per heavy atom. The van der Waals surface area contributed by atoms with Crippen molar-refractivity contribution >= 4 is 23.9 Å². The predicted molar refractivity (Wildman–Crippen MR) is 81.2 cm³/mol. The van der Waals surface area contributed by atoms with Gasteiger partial charge in [-0.25, -0.2) is 0 Å². The Labute approximate surface area is 136 Å². The summed E-state index contributed by atoms with van der Waals surface area (Å²) in [6.07, 6.45) is -0.118. The summed E-state index contributed by atoms with van der Waals surface area (Å²) < 4.78 is 14.5. The van der Waals surface area contributed by atoms with Gasteiger partial charge in [-0.2, -0.15) is 0 Å². The number of hydrogen-bond acceptors (Lipinski definition) is 7. The largest absolute Gasteiger partial charge is 0.465 e. The molecule has 132 valence electrons. The molecule has 23 heavy (non-hydrogen) atoms. The third kappa shape index (κ3) is 11.3. The standard InChI is InChI=1S/C16H26O7/c1-11(17)21-9-15(3,4)7-13(19)23-14(20)8-16(5,6)10-22-12(2)18/h7-10H2,1-6H3. The van der Waals surface area contributed by atoms with Gasteiger partial charge in [-0.3, -0.25) is 19.2 Å². The van der Waals surface area contributed by atoms with Crippen LogP contribution in [0.15, 0.2) is 0 Å². The molecule has 0 rings (SSSR count). The molecule has 0 aliphatic carbocycles. The zero-order valence-electron chi connectivity index (χ0n) is 14.7. The summed E-state index contributed by atoms with van der Waals surface area (Å²) in [5.74, 6) is -2.24. The Bertz CT molecular complexity index is 421. The van der Waals surface area contributed by atoms with Crippen LogP contribution in [0.5, 0.6) is 0 Å². The van der Waals surface area contributed by atoms with Gasteiger partial charge in [0.1, 0.15) is 0 Å². The lowest BCUT2D eigenvalue weighted by Crippen LogP contribution is -2.29. The second-order valence-electron chi connectivity index (χ2n) is 7.09. The number of carbonyl (C=O) groups is 4. The van der Waals surface area contributed by atoms with Gasteiger partial charge in [-0.1, -0.05) is 27.7 Å². The minimum Gasteiger partial charge on any atom is -0.465 e. The highest BCUT2D eigenvalue weighted by atomic mass is 16.6. The van der Waals surface area contributed by atoms with Crippen molar-refractivity contribution in [2.24, 2.45) is 10.8 Å². The average molecular weight is 330 g/mol. The van der Waals surface area contributed by atoms with Gasteiger partial charge in [0.25, 0.3) is 0 Å². The fourth-order valence-corrected chi connectivity index (χ4v) is 1.68. The van der Waals surface area contributed by atoms with Crippen molar-refractivity contribution < 1.29 is 33.4 Å². The van der Waals surface area contributed by atoms with Gasteiger partial charge in [0.15, 0.2) is 0 Å². The molecular formula is C16H26O7. The van der Waals surface area contributed by atoms with E-state index < -0.39 is 34.7 Å². The molecule has 0 fully saturated rings. The predicted octanol–water partition coefficient (Wildman–Crippen LogP) is 2.01. The summed E-state index contributed by atoms with van der Waals surface area (Å²) in [4.78, 5) is 45.2. The van der Waals surface area contributed by atoms with Crippen LogP contribution >= 0.6 is 0 Å². The lowest BCUT2D eigenvalue weighted by molar-refractivity contribution is -0.165. The first kappa shape index (κ1) is 21.1. The van der Waals surface area contributed by atoms with Crippen molar-refractivity contribution in [2.45, 2.75) is 54.4 Å². The van der Waals surface area contributed by atoms with Gasteiger partial charge >= 0.3 is 23.9 Å². The minimum absolute atomic E-state index is 0.0591. The van der Waals surface area contributed by atoms with Crippen molar-refractivity contribution in [3.8, 4) is 0 Å². The lowest BCUT2D eigenvalue weighted by Gasteiger charge is -2.24. The summed E-state index contributed by atoms with van der Waals surface area (Å²) in [6.45, 7) is 9.59. The van der Waals surface area contributed by atoms with Crippen molar-refractivity contribution in [2.75, 3.05) is 13.2 Å². The second-order valence-corrected chi connectivity index (χ2v) is 7.09.